The zero-order valence-corrected chi connectivity index (χ0v) is 18.2. The van der Waals surface area contributed by atoms with Gasteiger partial charge < -0.3 is 20.1 Å². The first-order chi connectivity index (χ1) is 14.6. The van der Waals surface area contributed by atoms with Gasteiger partial charge in [-0.15, -0.1) is 10.2 Å². The third-order valence-electron chi connectivity index (χ3n) is 5.41. The van der Waals surface area contributed by atoms with E-state index in [1.807, 2.05) is 30.3 Å². The number of halogens is 1. The summed E-state index contributed by atoms with van der Waals surface area (Å²) >= 11 is 3.51. The summed E-state index contributed by atoms with van der Waals surface area (Å²) in [5.41, 5.74) is 1.63. The van der Waals surface area contributed by atoms with Crippen molar-refractivity contribution in [3.8, 4) is 11.8 Å². The van der Waals surface area contributed by atoms with Gasteiger partial charge in [-0.05, 0) is 58.2 Å². The number of nitrogens with zero attached hydrogens (tertiary/aromatic N) is 4. The molecule has 0 amide bonds. The number of anilines is 2. The summed E-state index contributed by atoms with van der Waals surface area (Å²) in [5.74, 6) is 2.46. The smallest absolute Gasteiger partial charge is 0.159 e. The van der Waals surface area contributed by atoms with Crippen LogP contribution in [0.3, 0.4) is 0 Å². The summed E-state index contributed by atoms with van der Waals surface area (Å²) < 4.78 is 6.17. The number of fused-ring (bicyclic) bond motifs is 1. The van der Waals surface area contributed by atoms with E-state index in [1.54, 1.807) is 13.2 Å². The number of ether oxygens (including phenoxy) is 1. The van der Waals surface area contributed by atoms with Crippen molar-refractivity contribution < 1.29 is 9.84 Å². The number of nitriles is 1. The van der Waals surface area contributed by atoms with Crippen LogP contribution in [0.25, 0.3) is 10.8 Å². The average Bonchev–Trinajstić information content (AvgIpc) is 3.26. The van der Waals surface area contributed by atoms with Gasteiger partial charge in [-0.25, -0.2) is 0 Å². The topological polar surface area (TPSA) is 94.3 Å². The third-order valence-corrected chi connectivity index (χ3v) is 6.03. The minimum atomic E-state index is 0.178. The molecule has 1 saturated heterocycles. The van der Waals surface area contributed by atoms with Crippen LogP contribution in [0.15, 0.2) is 40.9 Å². The largest absolute Gasteiger partial charge is 0.496 e. The van der Waals surface area contributed by atoms with E-state index in [4.69, 9.17) is 4.74 Å². The molecule has 0 spiro atoms. The van der Waals surface area contributed by atoms with Crippen LogP contribution in [0.2, 0.25) is 0 Å². The number of rotatable bonds is 6. The lowest BCUT2D eigenvalue weighted by molar-refractivity contribution is 0.238. The van der Waals surface area contributed by atoms with Crippen molar-refractivity contribution in [2.24, 2.45) is 5.92 Å². The summed E-state index contributed by atoms with van der Waals surface area (Å²) in [7, 11) is 1.64. The summed E-state index contributed by atoms with van der Waals surface area (Å²) in [6.07, 6.45) is 0.933. The Morgan fingerprint density at radius 2 is 2.13 bits per heavy atom. The SMILES string of the molecule is COc1ccc(CNc2nnc(N3CCC(CO)C3)c3ccc(C#N)cc23)cc1Br. The van der Waals surface area contributed by atoms with Crippen LogP contribution in [-0.2, 0) is 6.54 Å². The first kappa shape index (κ1) is 20.4. The lowest BCUT2D eigenvalue weighted by Gasteiger charge is -2.20. The van der Waals surface area contributed by atoms with Crippen molar-refractivity contribution in [3.05, 3.63) is 52.0 Å². The molecule has 1 atom stereocenters. The number of methoxy groups -OCH3 is 1. The molecule has 1 aliphatic heterocycles. The molecule has 2 aromatic carbocycles. The van der Waals surface area contributed by atoms with Crippen molar-refractivity contribution >= 4 is 38.3 Å². The Hall–Kier alpha value is -2.89. The van der Waals surface area contributed by atoms with Gasteiger partial charge in [-0.2, -0.15) is 5.26 Å². The van der Waals surface area contributed by atoms with Crippen molar-refractivity contribution in [1.29, 1.82) is 5.26 Å². The number of nitrogens with one attached hydrogen (secondary N) is 1. The monoisotopic (exact) mass is 467 g/mol. The number of benzene rings is 2. The molecule has 0 bridgehead atoms. The van der Waals surface area contributed by atoms with Gasteiger partial charge in [0, 0.05) is 42.9 Å². The minimum absolute atomic E-state index is 0.178. The molecule has 0 aliphatic carbocycles. The zero-order valence-electron chi connectivity index (χ0n) is 16.6. The maximum absolute atomic E-state index is 9.47. The van der Waals surface area contributed by atoms with Gasteiger partial charge in [0.05, 0.1) is 23.2 Å². The molecule has 2 N–H and O–H groups in total. The van der Waals surface area contributed by atoms with Gasteiger partial charge in [0.15, 0.2) is 11.6 Å². The van der Waals surface area contributed by atoms with E-state index in [0.717, 1.165) is 51.9 Å². The Kier molecular flexibility index (Phi) is 6.02. The fourth-order valence-electron chi connectivity index (χ4n) is 3.75. The Labute approximate surface area is 183 Å². The van der Waals surface area contributed by atoms with E-state index in [9.17, 15) is 10.4 Å². The molecule has 1 aromatic heterocycles. The number of aliphatic hydroxyl groups excluding tert-OH is 1. The molecule has 3 aromatic rings. The van der Waals surface area contributed by atoms with Crippen LogP contribution in [-0.4, -0.2) is 42.1 Å². The molecule has 2 heterocycles. The number of aromatic nitrogens is 2. The first-order valence-corrected chi connectivity index (χ1v) is 10.5. The third kappa shape index (κ3) is 4.04. The van der Waals surface area contributed by atoms with Gasteiger partial charge in [0.2, 0.25) is 0 Å². The van der Waals surface area contributed by atoms with Gasteiger partial charge in [0.25, 0.3) is 0 Å². The predicted molar refractivity (Wildman–Crippen MR) is 120 cm³/mol. The average molecular weight is 468 g/mol. The molecule has 1 aliphatic rings. The van der Waals surface area contributed by atoms with Gasteiger partial charge >= 0.3 is 0 Å². The molecular weight excluding hydrogens is 446 g/mol. The van der Waals surface area contributed by atoms with Crippen LogP contribution in [0, 0.1) is 17.2 Å². The maximum atomic E-state index is 9.47. The molecule has 7 nitrogen and oxygen atoms in total. The summed E-state index contributed by atoms with van der Waals surface area (Å²) in [6.45, 7) is 2.32. The Morgan fingerprint density at radius 3 is 2.83 bits per heavy atom. The molecular formula is C22H22BrN5O2. The number of aliphatic hydroxyl groups is 1. The highest BCUT2D eigenvalue weighted by atomic mass is 79.9. The molecule has 30 heavy (non-hydrogen) atoms. The van der Waals surface area contributed by atoms with Crippen LogP contribution < -0.4 is 15.0 Å². The van der Waals surface area contributed by atoms with E-state index >= 15 is 0 Å². The van der Waals surface area contributed by atoms with E-state index in [1.165, 1.54) is 0 Å². The van der Waals surface area contributed by atoms with Crippen LogP contribution in [0.5, 0.6) is 5.75 Å². The quantitative estimate of drug-likeness (QED) is 0.570. The number of hydrogen-bond acceptors (Lipinski definition) is 7. The second-order valence-corrected chi connectivity index (χ2v) is 8.20. The molecule has 1 fully saturated rings. The van der Waals surface area contributed by atoms with E-state index in [-0.39, 0.29) is 12.5 Å². The van der Waals surface area contributed by atoms with Crippen LogP contribution >= 0.6 is 15.9 Å². The highest BCUT2D eigenvalue weighted by Crippen LogP contribution is 2.33. The predicted octanol–water partition coefficient (Wildman–Crippen LogP) is 3.70. The van der Waals surface area contributed by atoms with Gasteiger partial charge in [-0.1, -0.05) is 6.07 Å². The van der Waals surface area contributed by atoms with Crippen molar-refractivity contribution in [3.63, 3.8) is 0 Å². The lowest BCUT2D eigenvalue weighted by atomic mass is 10.1. The molecule has 1 unspecified atom stereocenters. The molecule has 0 saturated carbocycles. The van der Waals surface area contributed by atoms with Crippen molar-refractivity contribution in [2.75, 3.05) is 37.0 Å². The van der Waals surface area contributed by atoms with Gasteiger partial charge in [0.1, 0.15) is 5.75 Å². The normalized spacial score (nSPS) is 15.9. The lowest BCUT2D eigenvalue weighted by Crippen LogP contribution is -2.22. The molecule has 154 valence electrons. The van der Waals surface area contributed by atoms with Crippen molar-refractivity contribution in [2.45, 2.75) is 13.0 Å². The fraction of sp³-hybridized carbons (Fsp3) is 0.318. The number of hydrogen-bond donors (Lipinski definition) is 2. The molecule has 4 rings (SSSR count). The Morgan fingerprint density at radius 1 is 1.27 bits per heavy atom. The van der Waals surface area contributed by atoms with Crippen LogP contribution in [0.1, 0.15) is 17.5 Å². The maximum Gasteiger partial charge on any atom is 0.159 e. The Bertz CT molecular complexity index is 1110. The molecule has 8 heteroatoms. The summed E-state index contributed by atoms with van der Waals surface area (Å²) in [4.78, 5) is 2.16. The van der Waals surface area contributed by atoms with E-state index in [2.05, 4.69) is 42.4 Å². The first-order valence-electron chi connectivity index (χ1n) is 9.75. The van der Waals surface area contributed by atoms with Gasteiger partial charge in [-0.3, -0.25) is 0 Å². The van der Waals surface area contributed by atoms with E-state index in [0.29, 0.717) is 17.9 Å². The standard InChI is InChI=1S/C22H22BrN5O2/c1-30-20-5-3-15(9-19(20)23)11-25-21-18-8-14(10-24)2-4-17(18)22(27-26-21)28-7-6-16(12-28)13-29/h2-5,8-9,16,29H,6-7,11-13H2,1H3,(H,25,26). The summed E-state index contributed by atoms with van der Waals surface area (Å²) in [6, 6.07) is 13.7. The highest BCUT2D eigenvalue weighted by Gasteiger charge is 2.25. The van der Waals surface area contributed by atoms with E-state index < -0.39 is 0 Å². The highest BCUT2D eigenvalue weighted by molar-refractivity contribution is 9.10. The second-order valence-electron chi connectivity index (χ2n) is 7.35. The molecule has 0 radical (unpaired) electrons. The minimum Gasteiger partial charge on any atom is -0.496 e. The second kappa shape index (κ2) is 8.86. The summed E-state index contributed by atoms with van der Waals surface area (Å²) in [5, 5.41) is 32.9. The Balaban J connectivity index is 1.65. The van der Waals surface area contributed by atoms with Crippen molar-refractivity contribution in [1.82, 2.24) is 10.2 Å². The fourth-order valence-corrected chi connectivity index (χ4v) is 4.34. The van der Waals surface area contributed by atoms with Crippen LogP contribution in [0.4, 0.5) is 11.6 Å². The zero-order chi connectivity index (χ0) is 21.1.